The lowest BCUT2D eigenvalue weighted by Gasteiger charge is -2.50. The molecule has 1 unspecified atom stereocenters. The summed E-state index contributed by atoms with van der Waals surface area (Å²) in [7, 11) is 0. The summed E-state index contributed by atoms with van der Waals surface area (Å²) < 4.78 is 11.1. The van der Waals surface area contributed by atoms with E-state index >= 15 is 0 Å². The van der Waals surface area contributed by atoms with Crippen LogP contribution >= 0.6 is 0 Å². The van der Waals surface area contributed by atoms with Gasteiger partial charge in [-0.25, -0.2) is 0 Å². The smallest absolute Gasteiger partial charge is 0.231 e. The molecule has 21 heavy (non-hydrogen) atoms. The van der Waals surface area contributed by atoms with Gasteiger partial charge in [0.15, 0.2) is 11.5 Å². The molecule has 1 aromatic rings. The minimum absolute atomic E-state index is 0.380. The predicted molar refractivity (Wildman–Crippen MR) is 83.0 cm³/mol. The molecule has 1 saturated heterocycles. The molecule has 3 nitrogen and oxygen atoms in total. The average molecular weight is 287 g/mol. The Bertz CT molecular complexity index is 540. The van der Waals surface area contributed by atoms with Gasteiger partial charge in [-0.3, -0.25) is 4.90 Å². The van der Waals surface area contributed by atoms with E-state index < -0.39 is 0 Å². The van der Waals surface area contributed by atoms with Crippen LogP contribution in [0.3, 0.4) is 0 Å². The van der Waals surface area contributed by atoms with Gasteiger partial charge < -0.3 is 9.47 Å². The van der Waals surface area contributed by atoms with Crippen molar-refractivity contribution in [2.24, 2.45) is 0 Å². The summed E-state index contributed by atoms with van der Waals surface area (Å²) in [5.41, 5.74) is 3.38. The molecule has 4 rings (SSSR count). The van der Waals surface area contributed by atoms with Crippen molar-refractivity contribution in [2.75, 3.05) is 19.9 Å². The zero-order valence-corrected chi connectivity index (χ0v) is 13.0. The fourth-order valence-electron chi connectivity index (χ4n) is 4.49. The molecule has 3 heteroatoms. The highest BCUT2D eigenvalue weighted by Gasteiger charge is 2.41. The lowest BCUT2D eigenvalue weighted by Crippen LogP contribution is -2.55. The summed E-state index contributed by atoms with van der Waals surface area (Å²) in [5, 5.41) is 0. The summed E-state index contributed by atoms with van der Waals surface area (Å²) in [4.78, 5) is 2.78. The minimum Gasteiger partial charge on any atom is -0.454 e. The number of hydrogen-bond acceptors (Lipinski definition) is 3. The van der Waals surface area contributed by atoms with Crippen LogP contribution in [-0.2, 0) is 12.8 Å². The van der Waals surface area contributed by atoms with E-state index in [0.29, 0.717) is 12.3 Å². The topological polar surface area (TPSA) is 21.7 Å². The van der Waals surface area contributed by atoms with Crippen LogP contribution in [0.5, 0.6) is 11.5 Å². The van der Waals surface area contributed by atoms with Gasteiger partial charge in [0.25, 0.3) is 0 Å². The number of piperidine rings is 1. The maximum Gasteiger partial charge on any atom is 0.231 e. The monoisotopic (exact) mass is 287 g/mol. The first-order valence-corrected chi connectivity index (χ1v) is 8.47. The molecule has 0 amide bonds. The number of hydrogen-bond donors (Lipinski definition) is 0. The van der Waals surface area contributed by atoms with Gasteiger partial charge in [-0.15, -0.1) is 0 Å². The normalized spacial score (nSPS) is 27.9. The van der Waals surface area contributed by atoms with E-state index in [9.17, 15) is 0 Å². The third-order valence-corrected chi connectivity index (χ3v) is 5.56. The van der Waals surface area contributed by atoms with Crippen molar-refractivity contribution >= 4 is 0 Å². The van der Waals surface area contributed by atoms with Crippen LogP contribution in [0, 0.1) is 0 Å². The number of fused-ring (bicyclic) bond motifs is 2. The standard InChI is InChI=1S/C18H25NO2/c1-2-8-19-9-4-3-6-18(19)7-5-14-10-16-17(21-13-20-16)11-15(14)12-18/h10-11H,2-9,12-13H2,1H3. The maximum absolute atomic E-state index is 5.58. The first-order chi connectivity index (χ1) is 10.3. The molecule has 0 saturated carbocycles. The quantitative estimate of drug-likeness (QED) is 0.830. The second kappa shape index (κ2) is 5.20. The van der Waals surface area contributed by atoms with E-state index in [1.807, 2.05) is 0 Å². The first kappa shape index (κ1) is 13.4. The molecule has 2 heterocycles. The number of rotatable bonds is 2. The third-order valence-electron chi connectivity index (χ3n) is 5.56. The Morgan fingerprint density at radius 2 is 1.90 bits per heavy atom. The van der Waals surface area contributed by atoms with Crippen LogP contribution in [0.1, 0.15) is 50.2 Å². The van der Waals surface area contributed by atoms with E-state index in [1.165, 1.54) is 69.2 Å². The molecule has 3 aliphatic rings. The highest BCUT2D eigenvalue weighted by Crippen LogP contribution is 2.44. The van der Waals surface area contributed by atoms with Crippen molar-refractivity contribution in [1.82, 2.24) is 4.90 Å². The summed E-state index contributed by atoms with van der Waals surface area (Å²) in [5.74, 6) is 1.89. The highest BCUT2D eigenvalue weighted by molar-refractivity contribution is 5.50. The molecule has 1 spiro atoms. The largest absolute Gasteiger partial charge is 0.454 e. The average Bonchev–Trinajstić information content (AvgIpc) is 2.95. The Labute approximate surface area is 127 Å². The number of nitrogens with zero attached hydrogens (tertiary/aromatic N) is 1. The van der Waals surface area contributed by atoms with Crippen molar-refractivity contribution in [3.63, 3.8) is 0 Å². The van der Waals surface area contributed by atoms with Crippen molar-refractivity contribution in [2.45, 2.75) is 57.4 Å². The Morgan fingerprint density at radius 1 is 1.10 bits per heavy atom. The summed E-state index contributed by atoms with van der Waals surface area (Å²) >= 11 is 0. The summed E-state index contributed by atoms with van der Waals surface area (Å²) in [6.45, 7) is 5.22. The van der Waals surface area contributed by atoms with Crippen molar-refractivity contribution < 1.29 is 9.47 Å². The Balaban J connectivity index is 1.65. The van der Waals surface area contributed by atoms with Gasteiger partial charge in [0.1, 0.15) is 0 Å². The summed E-state index contributed by atoms with van der Waals surface area (Å²) in [6, 6.07) is 4.47. The van der Waals surface area contributed by atoms with Gasteiger partial charge in [-0.2, -0.15) is 0 Å². The molecule has 1 fully saturated rings. The van der Waals surface area contributed by atoms with Crippen LogP contribution in [0.15, 0.2) is 12.1 Å². The number of likely N-dealkylation sites (tertiary alicyclic amines) is 1. The van der Waals surface area contributed by atoms with E-state index in [0.717, 1.165) is 11.5 Å². The lowest BCUT2D eigenvalue weighted by molar-refractivity contribution is 0.0340. The molecular weight excluding hydrogens is 262 g/mol. The van der Waals surface area contributed by atoms with E-state index in [2.05, 4.69) is 24.0 Å². The Kier molecular flexibility index (Phi) is 3.33. The van der Waals surface area contributed by atoms with Crippen LogP contribution in [0.2, 0.25) is 0 Å². The van der Waals surface area contributed by atoms with E-state index in [1.54, 1.807) is 0 Å². The number of benzene rings is 1. The molecule has 0 bridgehead atoms. The van der Waals surface area contributed by atoms with Gasteiger partial charge in [0.2, 0.25) is 6.79 Å². The fraction of sp³-hybridized carbons (Fsp3) is 0.667. The van der Waals surface area contributed by atoms with Crippen LogP contribution in [0.25, 0.3) is 0 Å². The van der Waals surface area contributed by atoms with Gasteiger partial charge in [0.05, 0.1) is 0 Å². The molecule has 114 valence electrons. The molecule has 1 aromatic carbocycles. The van der Waals surface area contributed by atoms with Gasteiger partial charge in [0, 0.05) is 5.54 Å². The molecule has 1 aliphatic carbocycles. The fourth-order valence-corrected chi connectivity index (χ4v) is 4.49. The predicted octanol–water partition coefficient (Wildman–Crippen LogP) is 3.54. The van der Waals surface area contributed by atoms with Crippen LogP contribution in [0.4, 0.5) is 0 Å². The second-order valence-corrected chi connectivity index (χ2v) is 6.82. The molecule has 0 N–H and O–H groups in total. The SMILES string of the molecule is CCCN1CCCCC12CCc1cc3c(cc1C2)OCO3. The molecule has 0 aromatic heterocycles. The van der Waals surface area contributed by atoms with E-state index in [-0.39, 0.29) is 0 Å². The van der Waals surface area contributed by atoms with E-state index in [4.69, 9.17) is 9.47 Å². The van der Waals surface area contributed by atoms with Gasteiger partial charge in [-0.1, -0.05) is 13.3 Å². The summed E-state index contributed by atoms with van der Waals surface area (Å²) in [6.07, 6.45) is 9.07. The molecule has 2 aliphatic heterocycles. The van der Waals surface area contributed by atoms with Crippen LogP contribution in [-0.4, -0.2) is 30.3 Å². The van der Waals surface area contributed by atoms with Gasteiger partial charge in [-0.05, 0) is 74.9 Å². The maximum atomic E-state index is 5.58. The molecule has 1 atom stereocenters. The number of ether oxygens (including phenoxy) is 2. The highest BCUT2D eigenvalue weighted by atomic mass is 16.7. The second-order valence-electron chi connectivity index (χ2n) is 6.82. The van der Waals surface area contributed by atoms with Crippen LogP contribution < -0.4 is 9.47 Å². The molecule has 0 radical (unpaired) electrons. The third kappa shape index (κ3) is 2.22. The minimum atomic E-state index is 0.380. The van der Waals surface area contributed by atoms with Crippen molar-refractivity contribution in [1.29, 1.82) is 0 Å². The zero-order valence-electron chi connectivity index (χ0n) is 13.0. The first-order valence-electron chi connectivity index (χ1n) is 8.47. The Morgan fingerprint density at radius 3 is 2.71 bits per heavy atom. The van der Waals surface area contributed by atoms with Crippen molar-refractivity contribution in [3.05, 3.63) is 23.3 Å². The van der Waals surface area contributed by atoms with Gasteiger partial charge >= 0.3 is 0 Å². The molecular formula is C18H25NO2. The Hall–Kier alpha value is -1.22. The van der Waals surface area contributed by atoms with Crippen molar-refractivity contribution in [3.8, 4) is 11.5 Å². The number of aryl methyl sites for hydroxylation is 1. The zero-order chi connectivity index (χ0) is 14.3. The lowest BCUT2D eigenvalue weighted by atomic mass is 9.72.